The van der Waals surface area contributed by atoms with Crippen LogP contribution in [0.2, 0.25) is 0 Å². The van der Waals surface area contributed by atoms with E-state index in [9.17, 15) is 9.59 Å². The predicted molar refractivity (Wildman–Crippen MR) is 72.9 cm³/mol. The van der Waals surface area contributed by atoms with Crippen molar-refractivity contribution in [1.82, 2.24) is 5.32 Å². The van der Waals surface area contributed by atoms with E-state index in [-0.39, 0.29) is 16.4 Å². The van der Waals surface area contributed by atoms with Gasteiger partial charge in [-0.25, -0.2) is 4.79 Å². The number of nitrogens with one attached hydrogen (secondary N) is 1. The van der Waals surface area contributed by atoms with Crippen LogP contribution in [0.4, 0.5) is 0 Å². The lowest BCUT2D eigenvalue weighted by Gasteiger charge is -2.19. The zero-order valence-electron chi connectivity index (χ0n) is 11.5. The first-order valence-corrected chi connectivity index (χ1v) is 6.90. The van der Waals surface area contributed by atoms with Gasteiger partial charge in [0.1, 0.15) is 6.04 Å². The quantitative estimate of drug-likeness (QED) is 0.658. The first-order chi connectivity index (χ1) is 8.26. The van der Waals surface area contributed by atoms with Crippen LogP contribution in [0.25, 0.3) is 0 Å². The molecule has 1 atom stereocenters. The van der Waals surface area contributed by atoms with Gasteiger partial charge in [0.05, 0.1) is 5.75 Å². The first kappa shape index (κ1) is 17.2. The van der Waals surface area contributed by atoms with Crippen LogP contribution in [0, 0.1) is 0 Å². The fraction of sp³-hybridized carbons (Fsp3) is 0.833. The number of rotatable bonds is 8. The molecule has 2 N–H and O–H groups in total. The summed E-state index contributed by atoms with van der Waals surface area (Å²) in [5, 5.41) is 11.5. The number of ether oxygens (including phenoxy) is 1. The Kier molecular flexibility index (Phi) is 8.02. The van der Waals surface area contributed by atoms with Gasteiger partial charge in [0.15, 0.2) is 0 Å². The number of carboxylic acids is 1. The molecule has 0 aliphatic rings. The SMILES string of the molecule is COCCCC(NC(=O)CSC(C)(C)C)C(=O)O. The second kappa shape index (κ2) is 8.37. The van der Waals surface area contributed by atoms with Crippen LogP contribution >= 0.6 is 11.8 Å². The third kappa shape index (κ3) is 9.30. The maximum absolute atomic E-state index is 11.6. The molecule has 0 spiro atoms. The van der Waals surface area contributed by atoms with Gasteiger partial charge in [-0.3, -0.25) is 4.79 Å². The number of amides is 1. The van der Waals surface area contributed by atoms with Gasteiger partial charge >= 0.3 is 5.97 Å². The summed E-state index contributed by atoms with van der Waals surface area (Å²) < 4.78 is 4.85. The Morgan fingerprint density at radius 1 is 1.39 bits per heavy atom. The van der Waals surface area contributed by atoms with Gasteiger partial charge in [-0.15, -0.1) is 11.8 Å². The molecule has 106 valence electrons. The maximum atomic E-state index is 11.6. The standard InChI is InChI=1S/C12H23NO4S/c1-12(2,3)18-8-10(14)13-9(11(15)16)6-5-7-17-4/h9H,5-8H2,1-4H3,(H,13,14)(H,15,16). The van der Waals surface area contributed by atoms with Crippen LogP contribution in [0.5, 0.6) is 0 Å². The van der Waals surface area contributed by atoms with Gasteiger partial charge in [0.25, 0.3) is 0 Å². The number of carboxylic acid groups (broad SMARTS) is 1. The van der Waals surface area contributed by atoms with Crippen LogP contribution < -0.4 is 5.32 Å². The van der Waals surface area contributed by atoms with Crippen molar-refractivity contribution in [3.8, 4) is 0 Å². The van der Waals surface area contributed by atoms with E-state index in [1.165, 1.54) is 11.8 Å². The molecule has 0 saturated heterocycles. The second-order valence-corrected chi connectivity index (χ2v) is 6.80. The van der Waals surface area contributed by atoms with Gasteiger partial charge < -0.3 is 15.2 Å². The highest BCUT2D eigenvalue weighted by molar-refractivity contribution is 8.01. The molecule has 0 aliphatic heterocycles. The van der Waals surface area contributed by atoms with Crippen LogP contribution in [0.1, 0.15) is 33.6 Å². The second-order valence-electron chi connectivity index (χ2n) is 4.99. The molecule has 5 nitrogen and oxygen atoms in total. The number of aliphatic carboxylic acids is 1. The van der Waals surface area contributed by atoms with Crippen molar-refractivity contribution in [1.29, 1.82) is 0 Å². The van der Waals surface area contributed by atoms with Gasteiger partial charge in [-0.1, -0.05) is 20.8 Å². The smallest absolute Gasteiger partial charge is 0.326 e. The normalized spacial score (nSPS) is 13.1. The molecule has 1 unspecified atom stereocenters. The van der Waals surface area contributed by atoms with Crippen LogP contribution in [0.3, 0.4) is 0 Å². The molecule has 0 fully saturated rings. The van der Waals surface area contributed by atoms with E-state index < -0.39 is 12.0 Å². The third-order valence-corrected chi connectivity index (χ3v) is 3.38. The number of carbonyl (C=O) groups excluding carboxylic acids is 1. The Bertz CT molecular complexity index is 276. The molecule has 0 aromatic rings. The summed E-state index contributed by atoms with van der Waals surface area (Å²) in [6, 6.07) is -0.826. The van der Waals surface area contributed by atoms with Gasteiger partial charge in [-0.2, -0.15) is 0 Å². The van der Waals surface area contributed by atoms with Crippen molar-refractivity contribution in [3.05, 3.63) is 0 Å². The summed E-state index contributed by atoms with van der Waals surface area (Å²) in [7, 11) is 1.56. The average molecular weight is 277 g/mol. The monoisotopic (exact) mass is 277 g/mol. The molecule has 18 heavy (non-hydrogen) atoms. The summed E-state index contributed by atoms with van der Waals surface area (Å²) in [5.74, 6) is -0.961. The predicted octanol–water partition coefficient (Wildman–Crippen LogP) is 1.51. The van der Waals surface area contributed by atoms with E-state index >= 15 is 0 Å². The summed E-state index contributed by atoms with van der Waals surface area (Å²) in [4.78, 5) is 22.6. The maximum Gasteiger partial charge on any atom is 0.326 e. The molecule has 0 aliphatic carbocycles. The molecule has 6 heteroatoms. The topological polar surface area (TPSA) is 75.6 Å². The van der Waals surface area contributed by atoms with E-state index in [2.05, 4.69) is 5.32 Å². The molecule has 0 bridgehead atoms. The van der Waals surface area contributed by atoms with Crippen LogP contribution in [-0.4, -0.2) is 47.2 Å². The van der Waals surface area contributed by atoms with E-state index in [1.807, 2.05) is 20.8 Å². The molecule has 0 rings (SSSR count). The fourth-order valence-electron chi connectivity index (χ4n) is 1.21. The Balaban J connectivity index is 4.08. The minimum absolute atomic E-state index is 0.00783. The van der Waals surface area contributed by atoms with Crippen molar-refractivity contribution < 1.29 is 19.4 Å². The highest BCUT2D eigenvalue weighted by atomic mass is 32.2. The molecule has 0 saturated carbocycles. The number of thioether (sulfide) groups is 1. The lowest BCUT2D eigenvalue weighted by molar-refractivity contribution is -0.141. The zero-order valence-corrected chi connectivity index (χ0v) is 12.3. The number of methoxy groups -OCH3 is 1. The summed E-state index contributed by atoms with van der Waals surface area (Å²) in [5.41, 5.74) is 0. The number of carbonyl (C=O) groups is 2. The first-order valence-electron chi connectivity index (χ1n) is 5.91. The largest absolute Gasteiger partial charge is 0.480 e. The number of hydrogen-bond acceptors (Lipinski definition) is 4. The highest BCUT2D eigenvalue weighted by Crippen LogP contribution is 2.22. The molecule has 0 aromatic carbocycles. The van der Waals surface area contributed by atoms with Crippen molar-refractivity contribution in [2.24, 2.45) is 0 Å². The molecular formula is C12H23NO4S. The van der Waals surface area contributed by atoms with E-state index in [0.717, 1.165) is 0 Å². The van der Waals surface area contributed by atoms with E-state index in [1.54, 1.807) is 7.11 Å². The summed E-state index contributed by atoms with van der Waals surface area (Å²) in [6.07, 6.45) is 0.995. The summed E-state index contributed by atoms with van der Waals surface area (Å²) in [6.45, 7) is 6.53. The Hall–Kier alpha value is -0.750. The van der Waals surface area contributed by atoms with Gasteiger partial charge in [0.2, 0.25) is 5.91 Å². The lowest BCUT2D eigenvalue weighted by atomic mass is 10.1. The Morgan fingerprint density at radius 3 is 2.44 bits per heavy atom. The Morgan fingerprint density at radius 2 is 2.00 bits per heavy atom. The molecule has 0 radical (unpaired) electrons. The molecule has 0 aromatic heterocycles. The van der Waals surface area contributed by atoms with Gasteiger partial charge in [0, 0.05) is 18.5 Å². The molecule has 1 amide bonds. The van der Waals surface area contributed by atoms with Crippen molar-refractivity contribution in [3.63, 3.8) is 0 Å². The van der Waals surface area contributed by atoms with E-state index in [0.29, 0.717) is 19.4 Å². The highest BCUT2D eigenvalue weighted by Gasteiger charge is 2.20. The van der Waals surface area contributed by atoms with Crippen LogP contribution in [-0.2, 0) is 14.3 Å². The minimum Gasteiger partial charge on any atom is -0.480 e. The fourth-order valence-corrected chi connectivity index (χ4v) is 1.85. The average Bonchev–Trinajstić information content (AvgIpc) is 2.24. The third-order valence-electron chi connectivity index (χ3n) is 2.11. The van der Waals surface area contributed by atoms with E-state index in [4.69, 9.17) is 9.84 Å². The lowest BCUT2D eigenvalue weighted by Crippen LogP contribution is -2.42. The van der Waals surface area contributed by atoms with Crippen molar-refractivity contribution in [2.75, 3.05) is 19.5 Å². The molecular weight excluding hydrogens is 254 g/mol. The van der Waals surface area contributed by atoms with Gasteiger partial charge in [-0.05, 0) is 12.8 Å². The van der Waals surface area contributed by atoms with Crippen molar-refractivity contribution >= 4 is 23.6 Å². The Labute approximate surface area is 113 Å². The number of hydrogen-bond donors (Lipinski definition) is 2. The minimum atomic E-state index is -1.000. The zero-order chi connectivity index (χ0) is 14.2. The summed E-state index contributed by atoms with van der Waals surface area (Å²) >= 11 is 1.49. The molecule has 0 heterocycles. The van der Waals surface area contributed by atoms with Crippen LogP contribution in [0.15, 0.2) is 0 Å². The van der Waals surface area contributed by atoms with Crippen molar-refractivity contribution in [2.45, 2.75) is 44.4 Å².